The van der Waals surface area contributed by atoms with Crippen molar-refractivity contribution in [3.05, 3.63) is 29.8 Å². The smallest absolute Gasteiger partial charge is 0.407 e. The van der Waals surface area contributed by atoms with Gasteiger partial charge < -0.3 is 20.1 Å². The number of nitrogens with zero attached hydrogens (tertiary/aromatic N) is 3. The Bertz CT molecular complexity index is 910. The zero-order valence-corrected chi connectivity index (χ0v) is 16.4. The summed E-state index contributed by atoms with van der Waals surface area (Å²) < 4.78 is 10.2. The van der Waals surface area contributed by atoms with Crippen molar-refractivity contribution in [1.29, 1.82) is 0 Å². The lowest BCUT2D eigenvalue weighted by atomic mass is 10.0. The van der Waals surface area contributed by atoms with Crippen LogP contribution in [0.3, 0.4) is 0 Å². The second-order valence-corrected chi connectivity index (χ2v) is 7.81. The fourth-order valence-corrected chi connectivity index (χ4v) is 3.43. The molecule has 29 heavy (non-hydrogen) atoms. The van der Waals surface area contributed by atoms with Gasteiger partial charge in [0.05, 0.1) is 7.11 Å². The van der Waals surface area contributed by atoms with Crippen molar-refractivity contribution in [2.75, 3.05) is 12.4 Å². The number of nitrogens with one attached hydrogen (secondary N) is 3. The van der Waals surface area contributed by atoms with E-state index < -0.39 is 5.97 Å². The summed E-state index contributed by atoms with van der Waals surface area (Å²) in [7, 11) is 1.28. The highest BCUT2D eigenvalue weighted by atomic mass is 16.6. The number of aromatic amines is 1. The molecule has 10 heteroatoms. The van der Waals surface area contributed by atoms with Crippen molar-refractivity contribution in [3.8, 4) is 0 Å². The molecule has 0 saturated heterocycles. The number of anilines is 2. The van der Waals surface area contributed by atoms with Crippen LogP contribution in [0.5, 0.6) is 0 Å². The van der Waals surface area contributed by atoms with Gasteiger partial charge in [-0.15, -0.1) is 0 Å². The van der Waals surface area contributed by atoms with Crippen molar-refractivity contribution >= 4 is 23.7 Å². The number of H-pyrrole nitrogens is 1. The average molecular weight is 400 g/mol. The summed E-state index contributed by atoms with van der Waals surface area (Å²) in [6.45, 7) is 2.02. The summed E-state index contributed by atoms with van der Waals surface area (Å²) in [5.41, 5.74) is 0.892. The number of methoxy groups -OCH3 is 1. The van der Waals surface area contributed by atoms with E-state index in [2.05, 4.69) is 35.5 Å². The van der Waals surface area contributed by atoms with E-state index in [1.54, 1.807) is 6.07 Å². The average Bonchev–Trinajstić information content (AvgIpc) is 3.09. The van der Waals surface area contributed by atoms with E-state index in [9.17, 15) is 9.59 Å². The summed E-state index contributed by atoms with van der Waals surface area (Å²) in [5.74, 6) is 0.633. The van der Waals surface area contributed by atoms with E-state index in [-0.39, 0.29) is 29.5 Å². The van der Waals surface area contributed by atoms with Gasteiger partial charge in [0.2, 0.25) is 5.82 Å². The summed E-state index contributed by atoms with van der Waals surface area (Å²) in [6, 6.07) is 3.54. The van der Waals surface area contributed by atoms with E-state index in [1.165, 1.54) is 13.3 Å². The predicted molar refractivity (Wildman–Crippen MR) is 103 cm³/mol. The first-order valence-corrected chi connectivity index (χ1v) is 9.66. The maximum atomic E-state index is 12.0. The van der Waals surface area contributed by atoms with Crippen LogP contribution < -0.4 is 10.6 Å². The molecule has 0 bridgehead atoms. The maximum Gasteiger partial charge on any atom is 0.407 e. The molecule has 154 valence electrons. The first kappa shape index (κ1) is 19.2. The Labute approximate surface area is 167 Å². The molecule has 2 heterocycles. The number of hydrogen-bond donors (Lipinski definition) is 3. The molecule has 2 aromatic rings. The zero-order chi connectivity index (χ0) is 20.4. The van der Waals surface area contributed by atoms with Crippen LogP contribution >= 0.6 is 0 Å². The third kappa shape index (κ3) is 4.64. The van der Waals surface area contributed by atoms with Gasteiger partial charge in [-0.3, -0.25) is 5.10 Å². The van der Waals surface area contributed by atoms with Crippen molar-refractivity contribution < 1.29 is 19.1 Å². The summed E-state index contributed by atoms with van der Waals surface area (Å²) in [6.07, 6.45) is 5.56. The van der Waals surface area contributed by atoms with Crippen molar-refractivity contribution in [3.63, 3.8) is 0 Å². The quantitative estimate of drug-likeness (QED) is 0.631. The van der Waals surface area contributed by atoms with Gasteiger partial charge in [0.15, 0.2) is 5.82 Å². The van der Waals surface area contributed by atoms with Crippen LogP contribution in [-0.4, -0.2) is 51.0 Å². The minimum atomic E-state index is -0.604. The third-order valence-electron chi connectivity index (χ3n) is 5.38. The highest BCUT2D eigenvalue weighted by molar-refractivity contribution is 5.85. The summed E-state index contributed by atoms with van der Waals surface area (Å²) in [4.78, 5) is 31.5. The molecule has 0 aromatic carbocycles. The van der Waals surface area contributed by atoms with Crippen LogP contribution in [0, 0.1) is 0 Å². The molecule has 2 aliphatic carbocycles. The molecule has 0 radical (unpaired) electrons. The van der Waals surface area contributed by atoms with Crippen LogP contribution in [0.2, 0.25) is 0 Å². The zero-order valence-electron chi connectivity index (χ0n) is 16.4. The molecular formula is C19H24N6O4. The van der Waals surface area contributed by atoms with Crippen LogP contribution in [0.1, 0.15) is 61.3 Å². The van der Waals surface area contributed by atoms with Gasteiger partial charge in [-0.1, -0.05) is 0 Å². The standard InChI is InChI=1S/C19H24N6O4/c1-19(6-7-19)23-18(27)29-12-4-3-11(9-12)13-10-15(25-24-13)21-14-5-8-20-16(22-14)17(26)28-2/h5,8,10-12H,3-4,6-7,9H2,1-2H3,(H,23,27)(H2,20,21,22,24,25)/t11-,12+/m0/s1. The number of hydrogen-bond acceptors (Lipinski definition) is 8. The topological polar surface area (TPSA) is 131 Å². The molecule has 2 atom stereocenters. The molecule has 4 rings (SSSR count). The highest BCUT2D eigenvalue weighted by Crippen LogP contribution is 2.37. The molecule has 1 amide bonds. The Morgan fingerprint density at radius 3 is 2.86 bits per heavy atom. The molecule has 3 N–H and O–H groups in total. The fourth-order valence-electron chi connectivity index (χ4n) is 3.43. The third-order valence-corrected chi connectivity index (χ3v) is 5.38. The molecule has 10 nitrogen and oxygen atoms in total. The molecule has 0 spiro atoms. The Hall–Kier alpha value is -3.17. The molecule has 2 fully saturated rings. The Kier molecular flexibility index (Phi) is 5.08. The van der Waals surface area contributed by atoms with E-state index in [4.69, 9.17) is 4.74 Å². The Balaban J connectivity index is 1.32. The number of esters is 1. The van der Waals surface area contributed by atoms with E-state index in [0.717, 1.165) is 37.8 Å². The van der Waals surface area contributed by atoms with Gasteiger partial charge in [-0.05, 0) is 45.1 Å². The van der Waals surface area contributed by atoms with Crippen LogP contribution in [-0.2, 0) is 9.47 Å². The van der Waals surface area contributed by atoms with E-state index >= 15 is 0 Å². The lowest BCUT2D eigenvalue weighted by Crippen LogP contribution is -2.36. The monoisotopic (exact) mass is 400 g/mol. The maximum absolute atomic E-state index is 12.0. The van der Waals surface area contributed by atoms with Crippen LogP contribution in [0.25, 0.3) is 0 Å². The van der Waals surface area contributed by atoms with E-state index in [0.29, 0.717) is 11.6 Å². The van der Waals surface area contributed by atoms with Gasteiger partial charge in [-0.25, -0.2) is 19.6 Å². The molecule has 0 unspecified atom stereocenters. The molecule has 0 aliphatic heterocycles. The fraction of sp³-hybridized carbons (Fsp3) is 0.526. The van der Waals surface area contributed by atoms with Crippen LogP contribution in [0.15, 0.2) is 18.3 Å². The summed E-state index contributed by atoms with van der Waals surface area (Å²) in [5, 5.41) is 13.3. The highest BCUT2D eigenvalue weighted by Gasteiger charge is 2.40. The Morgan fingerprint density at radius 1 is 1.28 bits per heavy atom. The number of alkyl carbamates (subject to hydrolysis) is 1. The molecule has 2 aliphatic rings. The number of ether oxygens (including phenoxy) is 2. The predicted octanol–water partition coefficient (Wildman–Crippen LogP) is 2.64. The van der Waals surface area contributed by atoms with Crippen LogP contribution in [0.4, 0.5) is 16.4 Å². The summed E-state index contributed by atoms with van der Waals surface area (Å²) >= 11 is 0. The van der Waals surface area contributed by atoms with E-state index in [1.807, 2.05) is 13.0 Å². The normalized spacial score (nSPS) is 22.0. The minimum absolute atomic E-state index is 0.0256. The van der Waals surface area contributed by atoms with Gasteiger partial charge in [0.1, 0.15) is 11.9 Å². The first-order valence-electron chi connectivity index (χ1n) is 9.66. The number of rotatable bonds is 6. The van der Waals surface area contributed by atoms with Gasteiger partial charge >= 0.3 is 12.1 Å². The van der Waals surface area contributed by atoms with Gasteiger partial charge in [0.25, 0.3) is 0 Å². The van der Waals surface area contributed by atoms with Crippen molar-refractivity contribution in [1.82, 2.24) is 25.5 Å². The molecular weight excluding hydrogens is 376 g/mol. The SMILES string of the molecule is COC(=O)c1nccc(Nc2cc([C@H]3CC[C@@H](OC(=O)NC4(C)CC4)C3)[nH]n2)n1. The lowest BCUT2D eigenvalue weighted by molar-refractivity contribution is 0.0586. The second kappa shape index (κ2) is 7.69. The van der Waals surface area contributed by atoms with Crippen molar-refractivity contribution in [2.24, 2.45) is 0 Å². The number of carbonyl (C=O) groups is 2. The first-order chi connectivity index (χ1) is 13.9. The van der Waals surface area contributed by atoms with Crippen molar-refractivity contribution in [2.45, 2.75) is 56.6 Å². The number of carbonyl (C=O) groups excluding carboxylic acids is 2. The minimum Gasteiger partial charge on any atom is -0.463 e. The number of amides is 1. The Morgan fingerprint density at radius 2 is 2.10 bits per heavy atom. The molecule has 2 aromatic heterocycles. The number of aromatic nitrogens is 4. The largest absolute Gasteiger partial charge is 0.463 e. The molecule has 2 saturated carbocycles. The van der Waals surface area contributed by atoms with Gasteiger partial charge in [0, 0.05) is 29.4 Å². The second-order valence-electron chi connectivity index (χ2n) is 7.81. The lowest BCUT2D eigenvalue weighted by Gasteiger charge is -2.16. The van der Waals surface area contributed by atoms with Gasteiger partial charge in [-0.2, -0.15) is 5.10 Å².